The third-order valence-corrected chi connectivity index (χ3v) is 4.96. The van der Waals surface area contributed by atoms with Crippen LogP contribution in [0.25, 0.3) is 0 Å². The first-order chi connectivity index (χ1) is 13.1. The lowest BCUT2D eigenvalue weighted by Gasteiger charge is -2.25. The van der Waals surface area contributed by atoms with E-state index in [4.69, 9.17) is 4.74 Å². The normalized spacial score (nSPS) is 20.6. The Hall–Kier alpha value is -2.35. The largest absolute Gasteiger partial charge is 0.497 e. The zero-order chi connectivity index (χ0) is 19.2. The molecule has 6 nitrogen and oxygen atoms in total. The van der Waals surface area contributed by atoms with E-state index >= 15 is 0 Å². The Morgan fingerprint density at radius 1 is 1.33 bits per heavy atom. The van der Waals surface area contributed by atoms with Crippen LogP contribution in [0, 0.1) is 0 Å². The van der Waals surface area contributed by atoms with Gasteiger partial charge in [-0.05, 0) is 18.6 Å². The van der Waals surface area contributed by atoms with Crippen LogP contribution in [0.4, 0.5) is 8.78 Å². The zero-order valence-corrected chi connectivity index (χ0v) is 15.7. The van der Waals surface area contributed by atoms with Gasteiger partial charge in [-0.2, -0.15) is 8.78 Å². The average Bonchev–Trinajstić information content (AvgIpc) is 3.34. The van der Waals surface area contributed by atoms with Gasteiger partial charge in [0.15, 0.2) is 5.96 Å². The zero-order valence-electron chi connectivity index (χ0n) is 15.7. The molecule has 0 aliphatic carbocycles. The number of alkyl halides is 2. The van der Waals surface area contributed by atoms with E-state index < -0.39 is 6.61 Å². The maximum absolute atomic E-state index is 12.7. The summed E-state index contributed by atoms with van der Waals surface area (Å²) in [6.07, 6.45) is 5.48. The van der Waals surface area contributed by atoms with E-state index in [9.17, 15) is 8.78 Å². The van der Waals surface area contributed by atoms with Crippen LogP contribution in [0.5, 0.6) is 11.5 Å². The second kappa shape index (κ2) is 9.03. The van der Waals surface area contributed by atoms with Gasteiger partial charge in [0.2, 0.25) is 0 Å². The van der Waals surface area contributed by atoms with Crippen LogP contribution in [-0.2, 0) is 6.54 Å². The van der Waals surface area contributed by atoms with E-state index in [1.54, 1.807) is 19.2 Å². The van der Waals surface area contributed by atoms with E-state index in [-0.39, 0.29) is 5.75 Å². The summed E-state index contributed by atoms with van der Waals surface area (Å²) in [7, 11) is 3.22. The lowest BCUT2D eigenvalue weighted by molar-refractivity contribution is -0.0505. The van der Waals surface area contributed by atoms with Gasteiger partial charge in [-0.3, -0.25) is 9.89 Å². The molecule has 0 amide bonds. The average molecular weight is 380 g/mol. The predicted octanol–water partition coefficient (Wildman–Crippen LogP) is 2.32. The minimum absolute atomic E-state index is 0.106. The molecule has 1 unspecified atom stereocenters. The van der Waals surface area contributed by atoms with Crippen molar-refractivity contribution in [3.05, 3.63) is 35.9 Å². The Kier molecular flexibility index (Phi) is 6.49. The molecule has 1 N–H and O–H groups in total. The lowest BCUT2D eigenvalue weighted by Crippen LogP contribution is -2.42. The Bertz CT molecular complexity index is 688. The molecule has 1 saturated heterocycles. The topological polar surface area (TPSA) is 49.3 Å². The molecule has 1 aromatic rings. The van der Waals surface area contributed by atoms with Crippen molar-refractivity contribution < 1.29 is 18.3 Å². The Morgan fingerprint density at radius 3 is 2.78 bits per heavy atom. The minimum Gasteiger partial charge on any atom is -0.497 e. The molecule has 3 rings (SSSR count). The third kappa shape index (κ3) is 4.88. The number of benzene rings is 1. The fraction of sp³-hybridized carbons (Fsp3) is 0.526. The number of aliphatic imine (C=N–C) groups is 1. The van der Waals surface area contributed by atoms with Gasteiger partial charge >= 0.3 is 6.61 Å². The number of hydrogen-bond acceptors (Lipinski definition) is 4. The number of nitrogens with one attached hydrogen (secondary N) is 1. The van der Waals surface area contributed by atoms with Gasteiger partial charge in [0.25, 0.3) is 0 Å². The number of nitrogens with zero attached hydrogens (tertiary/aromatic N) is 3. The molecule has 27 heavy (non-hydrogen) atoms. The molecular weight excluding hydrogens is 354 g/mol. The predicted molar refractivity (Wildman–Crippen MR) is 101 cm³/mol. The van der Waals surface area contributed by atoms with Crippen molar-refractivity contribution in [3.8, 4) is 11.5 Å². The fourth-order valence-electron chi connectivity index (χ4n) is 3.54. The van der Waals surface area contributed by atoms with Crippen molar-refractivity contribution in [2.24, 2.45) is 4.99 Å². The maximum atomic E-state index is 12.7. The number of likely N-dealkylation sites (tertiary alicyclic amines) is 1. The van der Waals surface area contributed by atoms with Gasteiger partial charge in [-0.15, -0.1) is 0 Å². The highest BCUT2D eigenvalue weighted by atomic mass is 19.3. The van der Waals surface area contributed by atoms with Gasteiger partial charge in [0, 0.05) is 57.4 Å². The number of hydrogen-bond donors (Lipinski definition) is 1. The highest BCUT2D eigenvalue weighted by Gasteiger charge is 2.29. The molecule has 0 bridgehead atoms. The van der Waals surface area contributed by atoms with Gasteiger partial charge in [0.05, 0.1) is 7.11 Å². The summed E-state index contributed by atoms with van der Waals surface area (Å²) in [5.74, 6) is 1.35. The Labute approximate surface area is 158 Å². The number of rotatable bonds is 6. The van der Waals surface area contributed by atoms with Crippen LogP contribution in [0.15, 0.2) is 35.3 Å². The molecule has 1 aromatic carbocycles. The van der Waals surface area contributed by atoms with Gasteiger partial charge < -0.3 is 19.7 Å². The quantitative estimate of drug-likeness (QED) is 0.466. The standard InChI is InChI=1S/C19H26F2N4O2/c1-22-19(25-10-7-15(13-25)24-8-3-4-9-24)23-12-14-5-6-16(26-2)11-17(14)27-18(20)21/h3-6,11,15,18H,7-10,12-13H2,1-2H3,(H,22,23). The summed E-state index contributed by atoms with van der Waals surface area (Å²) in [6, 6.07) is 5.43. The highest BCUT2D eigenvalue weighted by Crippen LogP contribution is 2.26. The highest BCUT2D eigenvalue weighted by molar-refractivity contribution is 5.80. The van der Waals surface area contributed by atoms with E-state index in [1.165, 1.54) is 13.2 Å². The van der Waals surface area contributed by atoms with Crippen molar-refractivity contribution in [2.45, 2.75) is 25.6 Å². The number of halogens is 2. The van der Waals surface area contributed by atoms with E-state index in [1.807, 2.05) is 0 Å². The van der Waals surface area contributed by atoms with Crippen LogP contribution in [0.3, 0.4) is 0 Å². The summed E-state index contributed by atoms with van der Waals surface area (Å²) in [5.41, 5.74) is 0.622. The van der Waals surface area contributed by atoms with E-state index in [0.717, 1.165) is 38.6 Å². The molecule has 148 valence electrons. The van der Waals surface area contributed by atoms with Crippen LogP contribution in [0.2, 0.25) is 0 Å². The SMILES string of the molecule is CN=C(NCc1ccc(OC)cc1OC(F)F)N1CCC(N2CC=CC2)C1. The summed E-state index contributed by atoms with van der Waals surface area (Å²) in [5, 5.41) is 3.27. The summed E-state index contributed by atoms with van der Waals surface area (Å²) in [4.78, 5) is 9.01. The van der Waals surface area contributed by atoms with Crippen molar-refractivity contribution in [2.75, 3.05) is 40.3 Å². The molecule has 1 atom stereocenters. The second-order valence-electron chi connectivity index (χ2n) is 6.57. The Morgan fingerprint density at radius 2 is 2.11 bits per heavy atom. The number of ether oxygens (including phenoxy) is 2. The van der Waals surface area contributed by atoms with Crippen LogP contribution in [-0.4, -0.2) is 68.7 Å². The van der Waals surface area contributed by atoms with E-state index in [0.29, 0.717) is 23.9 Å². The maximum Gasteiger partial charge on any atom is 0.387 e. The molecule has 0 radical (unpaired) electrons. The molecule has 8 heteroatoms. The van der Waals surface area contributed by atoms with Crippen LogP contribution >= 0.6 is 0 Å². The summed E-state index contributed by atoms with van der Waals surface area (Å²) >= 11 is 0. The van der Waals surface area contributed by atoms with Crippen LogP contribution in [0.1, 0.15) is 12.0 Å². The van der Waals surface area contributed by atoms with Crippen molar-refractivity contribution >= 4 is 5.96 Å². The molecule has 2 heterocycles. The molecule has 2 aliphatic rings. The first-order valence-corrected chi connectivity index (χ1v) is 9.07. The van der Waals surface area contributed by atoms with Gasteiger partial charge in [0.1, 0.15) is 11.5 Å². The second-order valence-corrected chi connectivity index (χ2v) is 6.57. The van der Waals surface area contributed by atoms with Gasteiger partial charge in [-0.1, -0.05) is 12.2 Å². The van der Waals surface area contributed by atoms with E-state index in [2.05, 4.69) is 37.0 Å². The smallest absolute Gasteiger partial charge is 0.387 e. The molecular formula is C19H26F2N4O2. The molecule has 0 saturated carbocycles. The molecule has 2 aliphatic heterocycles. The van der Waals surface area contributed by atoms with Crippen molar-refractivity contribution in [1.82, 2.24) is 15.1 Å². The summed E-state index contributed by atoms with van der Waals surface area (Å²) < 4.78 is 35.2. The molecule has 0 aromatic heterocycles. The van der Waals surface area contributed by atoms with Gasteiger partial charge in [-0.25, -0.2) is 0 Å². The number of methoxy groups -OCH3 is 1. The molecule has 1 fully saturated rings. The lowest BCUT2D eigenvalue weighted by atomic mass is 10.2. The van der Waals surface area contributed by atoms with Crippen molar-refractivity contribution in [1.29, 1.82) is 0 Å². The first-order valence-electron chi connectivity index (χ1n) is 9.07. The monoisotopic (exact) mass is 380 g/mol. The first kappa shape index (κ1) is 19.4. The van der Waals surface area contributed by atoms with Crippen LogP contribution < -0.4 is 14.8 Å². The fourth-order valence-corrected chi connectivity index (χ4v) is 3.54. The third-order valence-electron chi connectivity index (χ3n) is 4.96. The Balaban J connectivity index is 1.61. The number of guanidine groups is 1. The molecule has 0 spiro atoms. The minimum atomic E-state index is -2.89. The summed E-state index contributed by atoms with van der Waals surface area (Å²) in [6.45, 7) is 1.29. The van der Waals surface area contributed by atoms with Crippen molar-refractivity contribution in [3.63, 3.8) is 0 Å².